The zero-order valence-electron chi connectivity index (χ0n) is 8.10. The molecule has 1 N–H and O–H groups in total. The van der Waals surface area contributed by atoms with Crippen LogP contribution in [0.4, 0.5) is 0 Å². The van der Waals surface area contributed by atoms with Crippen LogP contribution in [-0.4, -0.2) is 37.1 Å². The van der Waals surface area contributed by atoms with Gasteiger partial charge in [-0.15, -0.1) is 0 Å². The third-order valence-electron chi connectivity index (χ3n) is 3.50. The van der Waals surface area contributed by atoms with Gasteiger partial charge < -0.3 is 10.2 Å². The maximum Gasteiger partial charge on any atom is 0.0194 e. The fraction of sp³-hybridized carbons (Fsp3) is 1.00. The predicted octanol–water partition coefficient (Wildman–Crippen LogP) is 1.22. The van der Waals surface area contributed by atoms with Gasteiger partial charge in [0.2, 0.25) is 0 Å². The van der Waals surface area contributed by atoms with E-state index in [0.717, 1.165) is 0 Å². The summed E-state index contributed by atoms with van der Waals surface area (Å²) in [5, 5.41) is 3.71. The quantitative estimate of drug-likeness (QED) is 0.585. The molecule has 0 bridgehead atoms. The molecule has 0 aromatic carbocycles. The van der Waals surface area contributed by atoms with Gasteiger partial charge in [-0.1, -0.05) is 0 Å². The minimum Gasteiger partial charge on any atom is -0.311 e. The molecule has 2 nitrogen and oxygen atoms in total. The highest BCUT2D eigenvalue weighted by Crippen LogP contribution is 2.30. The number of likely N-dealkylation sites (tertiary alicyclic amines) is 1. The van der Waals surface area contributed by atoms with Crippen LogP contribution in [0.1, 0.15) is 32.1 Å². The minimum atomic E-state index is 0.546. The van der Waals surface area contributed by atoms with E-state index in [9.17, 15) is 0 Å². The first-order chi connectivity index (χ1) is 5.81. The number of nitrogens with one attached hydrogen (secondary N) is 1. The lowest BCUT2D eigenvalue weighted by molar-refractivity contribution is 0.307. The molecule has 0 aliphatic carbocycles. The Bertz CT molecular complexity index is 150. The van der Waals surface area contributed by atoms with E-state index in [1.54, 1.807) is 0 Å². The van der Waals surface area contributed by atoms with Crippen molar-refractivity contribution in [3.63, 3.8) is 0 Å². The van der Waals surface area contributed by atoms with Gasteiger partial charge in [-0.3, -0.25) is 0 Å². The molecule has 2 fully saturated rings. The maximum atomic E-state index is 3.71. The molecule has 0 saturated carbocycles. The van der Waals surface area contributed by atoms with Gasteiger partial charge in [-0.05, 0) is 58.8 Å². The normalized spacial score (nSPS) is 38.8. The van der Waals surface area contributed by atoms with E-state index in [2.05, 4.69) is 17.3 Å². The Labute approximate surface area is 75.3 Å². The zero-order valence-corrected chi connectivity index (χ0v) is 8.10. The third-order valence-corrected chi connectivity index (χ3v) is 3.50. The van der Waals surface area contributed by atoms with E-state index in [4.69, 9.17) is 0 Å². The summed E-state index contributed by atoms with van der Waals surface area (Å²) in [6.45, 7) is 3.83. The molecule has 2 aliphatic rings. The van der Waals surface area contributed by atoms with Crippen LogP contribution >= 0.6 is 0 Å². The lowest BCUT2D eigenvalue weighted by atomic mass is 9.89. The molecule has 1 spiro atoms. The number of nitrogens with zero attached hydrogens (tertiary/aromatic N) is 1. The van der Waals surface area contributed by atoms with Crippen LogP contribution in [0.5, 0.6) is 0 Å². The van der Waals surface area contributed by atoms with Crippen molar-refractivity contribution in [2.45, 2.75) is 37.6 Å². The largest absolute Gasteiger partial charge is 0.311 e. The molecule has 1 atom stereocenters. The van der Waals surface area contributed by atoms with Crippen LogP contribution in [0.15, 0.2) is 0 Å². The van der Waals surface area contributed by atoms with Crippen molar-refractivity contribution in [3.05, 3.63) is 0 Å². The number of rotatable bonds is 0. The molecule has 2 saturated heterocycles. The summed E-state index contributed by atoms with van der Waals surface area (Å²) in [6, 6.07) is 0. The molecule has 0 aromatic heterocycles. The number of hydrogen-bond acceptors (Lipinski definition) is 2. The highest BCUT2D eigenvalue weighted by molar-refractivity contribution is 4.94. The van der Waals surface area contributed by atoms with Crippen LogP contribution in [0.2, 0.25) is 0 Å². The van der Waals surface area contributed by atoms with Crippen LogP contribution in [0.25, 0.3) is 0 Å². The van der Waals surface area contributed by atoms with Crippen molar-refractivity contribution in [3.8, 4) is 0 Å². The lowest BCUT2D eigenvalue weighted by Gasteiger charge is -2.27. The summed E-state index contributed by atoms with van der Waals surface area (Å²) in [6.07, 6.45) is 6.95. The van der Waals surface area contributed by atoms with Gasteiger partial charge >= 0.3 is 0 Å². The molecule has 70 valence electrons. The Hall–Kier alpha value is -0.0800. The predicted molar refractivity (Wildman–Crippen MR) is 51.3 cm³/mol. The van der Waals surface area contributed by atoms with Crippen molar-refractivity contribution in [1.29, 1.82) is 0 Å². The fourth-order valence-corrected chi connectivity index (χ4v) is 2.62. The first-order valence-corrected chi connectivity index (χ1v) is 5.24. The molecule has 0 aromatic rings. The Morgan fingerprint density at radius 1 is 1.08 bits per heavy atom. The van der Waals surface area contributed by atoms with Crippen molar-refractivity contribution in [1.82, 2.24) is 10.2 Å². The average Bonchev–Trinajstić information content (AvgIpc) is 2.42. The van der Waals surface area contributed by atoms with Crippen LogP contribution in [0, 0.1) is 0 Å². The SMILES string of the molecule is CN1CCCC2(CCCN2)CC1. The molecule has 0 amide bonds. The summed E-state index contributed by atoms with van der Waals surface area (Å²) < 4.78 is 0. The molecular formula is C10H20N2. The molecule has 1 unspecified atom stereocenters. The van der Waals surface area contributed by atoms with Gasteiger partial charge in [-0.2, -0.15) is 0 Å². The van der Waals surface area contributed by atoms with Crippen molar-refractivity contribution >= 4 is 0 Å². The van der Waals surface area contributed by atoms with Crippen LogP contribution in [-0.2, 0) is 0 Å². The van der Waals surface area contributed by atoms with Gasteiger partial charge in [-0.25, -0.2) is 0 Å². The summed E-state index contributed by atoms with van der Waals surface area (Å²) >= 11 is 0. The molecule has 2 heteroatoms. The van der Waals surface area contributed by atoms with Gasteiger partial charge in [0.15, 0.2) is 0 Å². The molecule has 2 aliphatic heterocycles. The van der Waals surface area contributed by atoms with Crippen molar-refractivity contribution < 1.29 is 0 Å². The van der Waals surface area contributed by atoms with Crippen LogP contribution < -0.4 is 5.32 Å². The molecule has 0 radical (unpaired) electrons. The minimum absolute atomic E-state index is 0.546. The van der Waals surface area contributed by atoms with E-state index < -0.39 is 0 Å². The average molecular weight is 168 g/mol. The summed E-state index contributed by atoms with van der Waals surface area (Å²) in [5.41, 5.74) is 0.546. The van der Waals surface area contributed by atoms with Gasteiger partial charge in [0.1, 0.15) is 0 Å². The second-order valence-electron chi connectivity index (χ2n) is 4.47. The molecule has 2 heterocycles. The van der Waals surface area contributed by atoms with Crippen molar-refractivity contribution in [2.24, 2.45) is 0 Å². The van der Waals surface area contributed by atoms with E-state index in [0.29, 0.717) is 5.54 Å². The highest BCUT2D eigenvalue weighted by atomic mass is 15.1. The molecule has 2 rings (SSSR count). The Balaban J connectivity index is 1.97. The van der Waals surface area contributed by atoms with E-state index in [1.807, 2.05) is 0 Å². The zero-order chi connectivity index (χ0) is 8.44. The van der Waals surface area contributed by atoms with E-state index >= 15 is 0 Å². The Morgan fingerprint density at radius 3 is 2.67 bits per heavy atom. The number of hydrogen-bond donors (Lipinski definition) is 1. The van der Waals surface area contributed by atoms with Crippen molar-refractivity contribution in [2.75, 3.05) is 26.7 Å². The Kier molecular flexibility index (Phi) is 2.37. The molecular weight excluding hydrogens is 148 g/mol. The van der Waals surface area contributed by atoms with E-state index in [-0.39, 0.29) is 0 Å². The van der Waals surface area contributed by atoms with Gasteiger partial charge in [0.25, 0.3) is 0 Å². The summed E-state index contributed by atoms with van der Waals surface area (Å²) in [5.74, 6) is 0. The second kappa shape index (κ2) is 3.35. The lowest BCUT2D eigenvalue weighted by Crippen LogP contribution is -2.40. The molecule has 12 heavy (non-hydrogen) atoms. The van der Waals surface area contributed by atoms with Gasteiger partial charge in [0.05, 0.1) is 0 Å². The van der Waals surface area contributed by atoms with Crippen LogP contribution in [0.3, 0.4) is 0 Å². The smallest absolute Gasteiger partial charge is 0.0194 e. The Morgan fingerprint density at radius 2 is 1.92 bits per heavy atom. The first-order valence-electron chi connectivity index (χ1n) is 5.24. The fourth-order valence-electron chi connectivity index (χ4n) is 2.62. The van der Waals surface area contributed by atoms with Gasteiger partial charge in [0, 0.05) is 5.54 Å². The monoisotopic (exact) mass is 168 g/mol. The first kappa shape index (κ1) is 8.52. The second-order valence-corrected chi connectivity index (χ2v) is 4.47. The summed E-state index contributed by atoms with van der Waals surface area (Å²) in [7, 11) is 2.24. The standard InChI is InChI=1S/C10H20N2/c1-12-8-3-5-10(6-9-12)4-2-7-11-10/h11H,2-9H2,1H3. The topological polar surface area (TPSA) is 15.3 Å². The highest BCUT2D eigenvalue weighted by Gasteiger charge is 2.33. The third kappa shape index (κ3) is 1.64. The van der Waals surface area contributed by atoms with E-state index in [1.165, 1.54) is 51.7 Å². The maximum absolute atomic E-state index is 3.71. The summed E-state index contributed by atoms with van der Waals surface area (Å²) in [4.78, 5) is 2.47.